The summed E-state index contributed by atoms with van der Waals surface area (Å²) in [6.45, 7) is 7.56. The van der Waals surface area contributed by atoms with Crippen LogP contribution >= 0.6 is 15.9 Å². The number of benzene rings is 1. The molecule has 0 aromatic heterocycles. The van der Waals surface area contributed by atoms with Gasteiger partial charge in [-0.1, -0.05) is 41.9 Å². The van der Waals surface area contributed by atoms with E-state index in [9.17, 15) is 0 Å². The molecule has 0 radical (unpaired) electrons. The number of aryl methyl sites for hydroxylation is 1. The van der Waals surface area contributed by atoms with Gasteiger partial charge in [-0.05, 0) is 47.9 Å². The van der Waals surface area contributed by atoms with Gasteiger partial charge in [0.15, 0.2) is 0 Å². The minimum Gasteiger partial charge on any atom is -0.330 e. The molecule has 0 spiro atoms. The fourth-order valence-corrected chi connectivity index (χ4v) is 2.95. The van der Waals surface area contributed by atoms with Crippen LogP contribution < -0.4 is 5.73 Å². The molecule has 1 nitrogen and oxygen atoms in total. The third-order valence-corrected chi connectivity index (χ3v) is 4.74. The van der Waals surface area contributed by atoms with Gasteiger partial charge in [-0.3, -0.25) is 0 Å². The molecule has 1 saturated carbocycles. The first-order chi connectivity index (χ1) is 6.98. The standard InChI is InChI=1S/C13H18BrN/c1-8-6-9(4-5-11(8)14)12-10(7-15)13(12,2)3/h4-6,10,12H,7,15H2,1-3H3/t10-,12-/m0/s1. The maximum Gasteiger partial charge on any atom is 0.0204 e. The van der Waals surface area contributed by atoms with Gasteiger partial charge in [0, 0.05) is 4.47 Å². The van der Waals surface area contributed by atoms with Crippen molar-refractivity contribution in [3.05, 3.63) is 33.8 Å². The third-order valence-electron chi connectivity index (χ3n) is 3.85. The average Bonchev–Trinajstić information content (AvgIpc) is 2.73. The van der Waals surface area contributed by atoms with E-state index in [0.29, 0.717) is 17.3 Å². The van der Waals surface area contributed by atoms with Crippen LogP contribution in [0, 0.1) is 18.3 Å². The molecule has 1 fully saturated rings. The number of nitrogens with two attached hydrogens (primary N) is 1. The van der Waals surface area contributed by atoms with Crippen LogP contribution in [-0.4, -0.2) is 6.54 Å². The van der Waals surface area contributed by atoms with Gasteiger partial charge < -0.3 is 5.73 Å². The second-order valence-corrected chi connectivity index (χ2v) is 6.00. The summed E-state index contributed by atoms with van der Waals surface area (Å²) < 4.78 is 1.19. The SMILES string of the molecule is Cc1cc([C@H]2[C@H](CN)C2(C)C)ccc1Br. The van der Waals surface area contributed by atoms with Crippen molar-refractivity contribution in [3.8, 4) is 0 Å². The lowest BCUT2D eigenvalue weighted by Gasteiger charge is -2.05. The lowest BCUT2D eigenvalue weighted by molar-refractivity contribution is 0.558. The van der Waals surface area contributed by atoms with E-state index >= 15 is 0 Å². The molecule has 1 aliphatic carbocycles. The first kappa shape index (κ1) is 11.2. The summed E-state index contributed by atoms with van der Waals surface area (Å²) in [7, 11) is 0. The first-order valence-electron chi connectivity index (χ1n) is 5.44. The van der Waals surface area contributed by atoms with E-state index in [1.165, 1.54) is 15.6 Å². The van der Waals surface area contributed by atoms with Crippen LogP contribution in [-0.2, 0) is 0 Å². The smallest absolute Gasteiger partial charge is 0.0204 e. The molecule has 0 amide bonds. The minimum absolute atomic E-state index is 0.384. The zero-order chi connectivity index (χ0) is 11.2. The van der Waals surface area contributed by atoms with Crippen LogP contribution in [0.1, 0.15) is 30.9 Å². The average molecular weight is 268 g/mol. The highest BCUT2D eigenvalue weighted by molar-refractivity contribution is 9.10. The van der Waals surface area contributed by atoms with Crippen molar-refractivity contribution in [3.63, 3.8) is 0 Å². The van der Waals surface area contributed by atoms with Gasteiger partial charge in [0.05, 0.1) is 0 Å². The highest BCUT2D eigenvalue weighted by Gasteiger charge is 2.57. The topological polar surface area (TPSA) is 26.0 Å². The molecule has 0 heterocycles. The Hall–Kier alpha value is -0.340. The minimum atomic E-state index is 0.384. The molecular formula is C13H18BrN. The van der Waals surface area contributed by atoms with Crippen molar-refractivity contribution >= 4 is 15.9 Å². The molecule has 2 heteroatoms. The van der Waals surface area contributed by atoms with Gasteiger partial charge in [0.1, 0.15) is 0 Å². The predicted molar refractivity (Wildman–Crippen MR) is 67.9 cm³/mol. The Morgan fingerprint density at radius 2 is 2.07 bits per heavy atom. The molecule has 82 valence electrons. The highest BCUT2D eigenvalue weighted by Crippen LogP contribution is 2.63. The first-order valence-corrected chi connectivity index (χ1v) is 6.24. The molecule has 2 rings (SSSR count). The molecule has 1 aromatic rings. The van der Waals surface area contributed by atoms with Crippen molar-refractivity contribution in [2.75, 3.05) is 6.54 Å². The summed E-state index contributed by atoms with van der Waals surface area (Å²) in [4.78, 5) is 0. The maximum atomic E-state index is 5.80. The van der Waals surface area contributed by atoms with Gasteiger partial charge in [-0.2, -0.15) is 0 Å². The molecule has 1 aliphatic rings. The van der Waals surface area contributed by atoms with Gasteiger partial charge in [0.25, 0.3) is 0 Å². The van der Waals surface area contributed by atoms with Crippen molar-refractivity contribution in [1.82, 2.24) is 0 Å². The van der Waals surface area contributed by atoms with E-state index in [4.69, 9.17) is 5.73 Å². The Balaban J connectivity index is 2.29. The van der Waals surface area contributed by atoms with Gasteiger partial charge in [-0.25, -0.2) is 0 Å². The fraction of sp³-hybridized carbons (Fsp3) is 0.538. The van der Waals surface area contributed by atoms with Crippen molar-refractivity contribution in [1.29, 1.82) is 0 Å². The molecular weight excluding hydrogens is 250 g/mol. The summed E-state index contributed by atoms with van der Waals surface area (Å²) >= 11 is 3.53. The van der Waals surface area contributed by atoms with Crippen molar-refractivity contribution in [2.24, 2.45) is 17.1 Å². The molecule has 0 unspecified atom stereocenters. The molecule has 1 aromatic carbocycles. The summed E-state index contributed by atoms with van der Waals surface area (Å²) in [5.41, 5.74) is 8.93. The fourth-order valence-electron chi connectivity index (χ4n) is 2.71. The lowest BCUT2D eigenvalue weighted by Crippen LogP contribution is -2.05. The molecule has 0 saturated heterocycles. The Morgan fingerprint density at radius 1 is 1.40 bits per heavy atom. The molecule has 2 atom stereocenters. The molecule has 0 bridgehead atoms. The summed E-state index contributed by atoms with van der Waals surface area (Å²) in [6.07, 6.45) is 0. The zero-order valence-corrected chi connectivity index (χ0v) is 11.1. The van der Waals surface area contributed by atoms with E-state index in [2.05, 4.69) is 54.9 Å². The van der Waals surface area contributed by atoms with Crippen LogP contribution in [0.5, 0.6) is 0 Å². The van der Waals surface area contributed by atoms with E-state index in [0.717, 1.165) is 6.54 Å². The van der Waals surface area contributed by atoms with Gasteiger partial charge in [0.2, 0.25) is 0 Å². The van der Waals surface area contributed by atoms with Gasteiger partial charge in [-0.15, -0.1) is 0 Å². The molecule has 15 heavy (non-hydrogen) atoms. The van der Waals surface area contributed by atoms with E-state index < -0.39 is 0 Å². The second kappa shape index (κ2) is 3.60. The zero-order valence-electron chi connectivity index (χ0n) is 9.55. The second-order valence-electron chi connectivity index (χ2n) is 5.15. The predicted octanol–water partition coefficient (Wildman–Crippen LogP) is 3.46. The van der Waals surface area contributed by atoms with Crippen LogP contribution in [0.4, 0.5) is 0 Å². The van der Waals surface area contributed by atoms with Crippen LogP contribution in [0.3, 0.4) is 0 Å². The van der Waals surface area contributed by atoms with E-state index in [1.807, 2.05) is 0 Å². The highest BCUT2D eigenvalue weighted by atomic mass is 79.9. The number of halogens is 1. The van der Waals surface area contributed by atoms with E-state index in [-0.39, 0.29) is 0 Å². The van der Waals surface area contributed by atoms with Crippen LogP contribution in [0.2, 0.25) is 0 Å². The van der Waals surface area contributed by atoms with Gasteiger partial charge >= 0.3 is 0 Å². The Morgan fingerprint density at radius 3 is 2.53 bits per heavy atom. The van der Waals surface area contributed by atoms with Crippen LogP contribution in [0.15, 0.2) is 22.7 Å². The summed E-state index contributed by atoms with van der Waals surface area (Å²) in [5.74, 6) is 1.30. The van der Waals surface area contributed by atoms with Crippen LogP contribution in [0.25, 0.3) is 0 Å². The normalized spacial score (nSPS) is 27.8. The quantitative estimate of drug-likeness (QED) is 0.873. The van der Waals surface area contributed by atoms with Crippen molar-refractivity contribution in [2.45, 2.75) is 26.7 Å². The lowest BCUT2D eigenvalue weighted by atomic mass is 10.0. The number of hydrogen-bond acceptors (Lipinski definition) is 1. The third kappa shape index (κ3) is 1.74. The number of rotatable bonds is 2. The van der Waals surface area contributed by atoms with Crippen molar-refractivity contribution < 1.29 is 0 Å². The summed E-state index contributed by atoms with van der Waals surface area (Å²) in [5, 5.41) is 0. The van der Waals surface area contributed by atoms with E-state index in [1.54, 1.807) is 0 Å². The largest absolute Gasteiger partial charge is 0.330 e. The summed E-state index contributed by atoms with van der Waals surface area (Å²) in [6, 6.07) is 6.65. The Labute approximate surface area is 100 Å². The molecule has 2 N–H and O–H groups in total. The number of hydrogen-bond donors (Lipinski definition) is 1. The maximum absolute atomic E-state index is 5.80. The Kier molecular flexibility index (Phi) is 2.68. The molecule has 0 aliphatic heterocycles. The monoisotopic (exact) mass is 267 g/mol. The Bertz CT molecular complexity index is 384.